The van der Waals surface area contributed by atoms with Gasteiger partial charge in [-0.2, -0.15) is 0 Å². The number of hydrogen-bond donors (Lipinski definition) is 2. The molecule has 0 aromatic heterocycles. The van der Waals surface area contributed by atoms with Crippen molar-refractivity contribution in [2.45, 2.75) is 57.1 Å². The van der Waals surface area contributed by atoms with E-state index in [4.69, 9.17) is 4.74 Å². The average molecular weight is 465 g/mol. The standard InChI is InChI=1S/C27H32N2O5/c30-25(22-9-6-16-29(18-22)27(33)34-23-10-4-5-11-23)28-24(26(31)32)17-19-12-14-21(15-13-19)20-7-2-1-3-8-20/h1-3,7-8,12-15,22-24H,4-6,9-11,16-18H2,(H,28,30)(H,31,32)/t22?,24-/m0/s1. The first-order valence-electron chi connectivity index (χ1n) is 12.1. The minimum atomic E-state index is -1.08. The lowest BCUT2D eigenvalue weighted by Gasteiger charge is -2.32. The van der Waals surface area contributed by atoms with Crippen molar-refractivity contribution in [1.29, 1.82) is 0 Å². The molecule has 0 radical (unpaired) electrons. The SMILES string of the molecule is O=C(N[C@@H](Cc1ccc(-c2ccccc2)cc1)C(=O)O)C1CCCN(C(=O)OC2CCCC2)C1. The Hall–Kier alpha value is -3.35. The minimum absolute atomic E-state index is 0.0219. The highest BCUT2D eigenvalue weighted by Gasteiger charge is 2.32. The lowest BCUT2D eigenvalue weighted by atomic mass is 9.96. The molecule has 0 spiro atoms. The summed E-state index contributed by atoms with van der Waals surface area (Å²) in [5.74, 6) is -1.84. The zero-order chi connectivity index (χ0) is 23.9. The minimum Gasteiger partial charge on any atom is -0.480 e. The molecule has 34 heavy (non-hydrogen) atoms. The summed E-state index contributed by atoms with van der Waals surface area (Å²) in [4.78, 5) is 38.9. The largest absolute Gasteiger partial charge is 0.480 e. The molecule has 180 valence electrons. The number of carbonyl (C=O) groups is 3. The molecule has 1 saturated carbocycles. The quantitative estimate of drug-likeness (QED) is 0.638. The number of ether oxygens (including phenoxy) is 1. The summed E-state index contributed by atoms with van der Waals surface area (Å²) in [5, 5.41) is 12.4. The van der Waals surface area contributed by atoms with Gasteiger partial charge in [0.05, 0.1) is 5.92 Å². The summed E-state index contributed by atoms with van der Waals surface area (Å²) in [6.07, 6.45) is 5.07. The van der Waals surface area contributed by atoms with Crippen LogP contribution in [-0.4, -0.2) is 53.2 Å². The van der Waals surface area contributed by atoms with Gasteiger partial charge in [0.25, 0.3) is 0 Å². The van der Waals surface area contributed by atoms with Gasteiger partial charge in [0.2, 0.25) is 5.91 Å². The molecule has 4 rings (SSSR count). The molecule has 0 bridgehead atoms. The number of amides is 2. The number of carboxylic acid groups (broad SMARTS) is 1. The van der Waals surface area contributed by atoms with Crippen LogP contribution in [-0.2, 0) is 20.7 Å². The lowest BCUT2D eigenvalue weighted by Crippen LogP contribution is -2.50. The number of aliphatic carboxylic acids is 1. The third-order valence-corrected chi connectivity index (χ3v) is 6.74. The Kier molecular flexibility index (Phi) is 7.83. The molecule has 1 aliphatic heterocycles. The van der Waals surface area contributed by atoms with E-state index in [0.29, 0.717) is 19.4 Å². The highest BCUT2D eigenvalue weighted by molar-refractivity contribution is 5.85. The van der Waals surface area contributed by atoms with E-state index in [1.165, 1.54) is 0 Å². The molecule has 7 heteroatoms. The second kappa shape index (κ2) is 11.2. The number of hydrogen-bond acceptors (Lipinski definition) is 4. The molecular weight excluding hydrogens is 432 g/mol. The van der Waals surface area contributed by atoms with Gasteiger partial charge in [0, 0.05) is 19.5 Å². The summed E-state index contributed by atoms with van der Waals surface area (Å²) in [6.45, 7) is 0.820. The molecule has 2 fully saturated rings. The van der Waals surface area contributed by atoms with Crippen molar-refractivity contribution in [3.63, 3.8) is 0 Å². The Balaban J connectivity index is 1.33. The first kappa shape index (κ1) is 23.8. The van der Waals surface area contributed by atoms with Gasteiger partial charge in [-0.3, -0.25) is 4.79 Å². The van der Waals surface area contributed by atoms with E-state index >= 15 is 0 Å². The molecule has 1 heterocycles. The number of rotatable bonds is 7. The van der Waals surface area contributed by atoms with Crippen molar-refractivity contribution < 1.29 is 24.2 Å². The molecule has 2 atom stereocenters. The van der Waals surface area contributed by atoms with Crippen LogP contribution in [0.4, 0.5) is 4.79 Å². The Morgan fingerprint density at radius 3 is 2.29 bits per heavy atom. The molecule has 1 saturated heterocycles. The van der Waals surface area contributed by atoms with Crippen LogP contribution in [0.1, 0.15) is 44.1 Å². The predicted octanol–water partition coefficient (Wildman–Crippen LogP) is 4.26. The van der Waals surface area contributed by atoms with Crippen LogP contribution in [0.2, 0.25) is 0 Å². The van der Waals surface area contributed by atoms with Crippen molar-refractivity contribution in [2.24, 2.45) is 5.92 Å². The zero-order valence-corrected chi connectivity index (χ0v) is 19.3. The topological polar surface area (TPSA) is 95.9 Å². The molecule has 1 aliphatic carbocycles. The van der Waals surface area contributed by atoms with Crippen molar-refractivity contribution >= 4 is 18.0 Å². The second-order valence-electron chi connectivity index (χ2n) is 9.24. The smallest absolute Gasteiger partial charge is 0.410 e. The first-order valence-corrected chi connectivity index (χ1v) is 12.1. The van der Waals surface area contributed by atoms with Crippen LogP contribution < -0.4 is 5.32 Å². The van der Waals surface area contributed by atoms with E-state index in [2.05, 4.69) is 5.32 Å². The maximum absolute atomic E-state index is 12.9. The van der Waals surface area contributed by atoms with Crippen LogP contribution in [0, 0.1) is 5.92 Å². The molecule has 2 aromatic carbocycles. The van der Waals surface area contributed by atoms with Crippen LogP contribution >= 0.6 is 0 Å². The number of carboxylic acids is 1. The van der Waals surface area contributed by atoms with Crippen molar-refractivity contribution in [1.82, 2.24) is 10.2 Å². The van der Waals surface area contributed by atoms with Gasteiger partial charge in [-0.25, -0.2) is 9.59 Å². The van der Waals surface area contributed by atoms with Gasteiger partial charge >= 0.3 is 12.1 Å². The molecule has 2 aromatic rings. The molecule has 2 amide bonds. The Bertz CT molecular complexity index is 986. The Labute approximate surface area is 200 Å². The maximum Gasteiger partial charge on any atom is 0.410 e. The molecule has 1 unspecified atom stereocenters. The van der Waals surface area contributed by atoms with Crippen LogP contribution in [0.5, 0.6) is 0 Å². The fourth-order valence-corrected chi connectivity index (χ4v) is 4.77. The fourth-order valence-electron chi connectivity index (χ4n) is 4.77. The predicted molar refractivity (Wildman–Crippen MR) is 128 cm³/mol. The second-order valence-corrected chi connectivity index (χ2v) is 9.24. The number of piperidine rings is 1. The van der Waals surface area contributed by atoms with Crippen molar-refractivity contribution in [2.75, 3.05) is 13.1 Å². The Morgan fingerprint density at radius 1 is 0.941 bits per heavy atom. The van der Waals surface area contributed by atoms with Crippen molar-refractivity contribution in [3.8, 4) is 11.1 Å². The first-order chi connectivity index (χ1) is 16.5. The summed E-state index contributed by atoms with van der Waals surface area (Å²) in [5.41, 5.74) is 2.97. The fraction of sp³-hybridized carbons (Fsp3) is 0.444. The number of likely N-dealkylation sites (tertiary alicyclic amines) is 1. The average Bonchev–Trinajstić information content (AvgIpc) is 3.37. The van der Waals surface area contributed by atoms with Crippen LogP contribution in [0.3, 0.4) is 0 Å². The van der Waals surface area contributed by atoms with E-state index in [1.807, 2.05) is 54.6 Å². The van der Waals surface area contributed by atoms with E-state index < -0.39 is 17.9 Å². The third-order valence-electron chi connectivity index (χ3n) is 6.74. The summed E-state index contributed by atoms with van der Waals surface area (Å²) >= 11 is 0. The number of benzene rings is 2. The molecule has 2 aliphatic rings. The van der Waals surface area contributed by atoms with Gasteiger partial charge in [-0.1, -0.05) is 54.6 Å². The van der Waals surface area contributed by atoms with Gasteiger partial charge in [-0.05, 0) is 55.2 Å². The number of nitrogens with one attached hydrogen (secondary N) is 1. The zero-order valence-electron chi connectivity index (χ0n) is 19.3. The Morgan fingerprint density at radius 2 is 1.62 bits per heavy atom. The monoisotopic (exact) mass is 464 g/mol. The van der Waals surface area contributed by atoms with Crippen LogP contribution in [0.25, 0.3) is 11.1 Å². The maximum atomic E-state index is 12.9. The van der Waals surface area contributed by atoms with E-state index in [0.717, 1.165) is 42.4 Å². The van der Waals surface area contributed by atoms with Crippen molar-refractivity contribution in [3.05, 3.63) is 60.2 Å². The third kappa shape index (κ3) is 6.16. The van der Waals surface area contributed by atoms with E-state index in [1.54, 1.807) is 4.90 Å². The lowest BCUT2D eigenvalue weighted by molar-refractivity contribution is -0.142. The molecule has 2 N–H and O–H groups in total. The number of carbonyl (C=O) groups excluding carboxylic acids is 2. The van der Waals surface area contributed by atoms with Gasteiger partial charge in [0.1, 0.15) is 12.1 Å². The van der Waals surface area contributed by atoms with Crippen LogP contribution in [0.15, 0.2) is 54.6 Å². The van der Waals surface area contributed by atoms with E-state index in [9.17, 15) is 19.5 Å². The normalized spacial score (nSPS) is 19.4. The molecule has 7 nitrogen and oxygen atoms in total. The molecular formula is C27H32N2O5. The summed E-state index contributed by atoms with van der Waals surface area (Å²) < 4.78 is 5.58. The highest BCUT2D eigenvalue weighted by Crippen LogP contribution is 2.24. The van der Waals surface area contributed by atoms with Gasteiger partial charge in [-0.15, -0.1) is 0 Å². The van der Waals surface area contributed by atoms with Gasteiger partial charge < -0.3 is 20.1 Å². The van der Waals surface area contributed by atoms with E-state index in [-0.39, 0.29) is 31.1 Å². The number of nitrogens with zero attached hydrogens (tertiary/aromatic N) is 1. The highest BCUT2D eigenvalue weighted by atomic mass is 16.6. The van der Waals surface area contributed by atoms with Gasteiger partial charge in [0.15, 0.2) is 0 Å². The summed E-state index contributed by atoms with van der Waals surface area (Å²) in [6, 6.07) is 16.6. The summed E-state index contributed by atoms with van der Waals surface area (Å²) in [7, 11) is 0.